The van der Waals surface area contributed by atoms with Crippen LogP contribution in [0.3, 0.4) is 0 Å². The van der Waals surface area contributed by atoms with Crippen LogP contribution in [0.15, 0.2) is 34.6 Å². The number of hydrogen-bond acceptors (Lipinski definition) is 8. The van der Waals surface area contributed by atoms with Crippen LogP contribution in [-0.2, 0) is 9.53 Å². The largest absolute Gasteiger partial charge is 0.493 e. The van der Waals surface area contributed by atoms with E-state index in [1.54, 1.807) is 23.6 Å². The molecule has 1 aliphatic rings. The third kappa shape index (κ3) is 4.98. The van der Waals surface area contributed by atoms with Crippen molar-refractivity contribution in [2.75, 3.05) is 25.3 Å². The lowest BCUT2D eigenvalue weighted by Crippen LogP contribution is -2.29. The fraction of sp³-hybridized carbons (Fsp3) is 0.500. The number of unbranched alkanes of at least 4 members (excludes halogenated alkanes) is 1. The second kappa shape index (κ2) is 10.1. The molecule has 168 valence electrons. The van der Waals surface area contributed by atoms with Crippen LogP contribution in [0, 0.1) is 0 Å². The molecule has 1 atom stereocenters. The Kier molecular flexibility index (Phi) is 7.48. The van der Waals surface area contributed by atoms with Gasteiger partial charge in [-0.15, -0.1) is 5.10 Å². The van der Waals surface area contributed by atoms with Gasteiger partial charge in [0.05, 0.1) is 25.9 Å². The maximum atomic E-state index is 12.7. The average molecular weight is 447 g/mol. The van der Waals surface area contributed by atoms with Crippen molar-refractivity contribution >= 4 is 23.7 Å². The molecule has 31 heavy (non-hydrogen) atoms. The topological polar surface area (TPSA) is 87.5 Å². The minimum Gasteiger partial charge on any atom is -0.493 e. The summed E-state index contributed by atoms with van der Waals surface area (Å²) in [4.78, 5) is 17.3. The van der Waals surface area contributed by atoms with Crippen molar-refractivity contribution in [2.45, 2.75) is 57.8 Å². The number of esters is 1. The third-order valence-corrected chi connectivity index (χ3v) is 5.76. The smallest absolute Gasteiger partial charge is 0.338 e. The van der Waals surface area contributed by atoms with E-state index in [2.05, 4.69) is 17.2 Å². The summed E-state index contributed by atoms with van der Waals surface area (Å²) in [5, 5.41) is 8.57. The molecule has 2 heterocycles. The molecule has 9 heteroatoms. The van der Waals surface area contributed by atoms with Crippen LogP contribution in [0.5, 0.6) is 11.5 Å². The summed E-state index contributed by atoms with van der Waals surface area (Å²) < 4.78 is 18.2. The minimum atomic E-state index is -0.501. The molecule has 0 radical (unpaired) electrons. The molecule has 0 aliphatic carbocycles. The van der Waals surface area contributed by atoms with Gasteiger partial charge in [-0.05, 0) is 44.9 Å². The number of aromatic nitrogens is 3. The van der Waals surface area contributed by atoms with Crippen LogP contribution in [0.25, 0.3) is 0 Å². The van der Waals surface area contributed by atoms with Crippen molar-refractivity contribution < 1.29 is 19.0 Å². The zero-order chi connectivity index (χ0) is 22.5. The summed E-state index contributed by atoms with van der Waals surface area (Å²) in [6, 6.07) is 5.15. The SMILES string of the molecule is CCCCSc1nc2n(n1)C(c1ccc(OC(C)C)c(OC)c1)C(C(=O)OC)=C(C)N2. The van der Waals surface area contributed by atoms with Gasteiger partial charge in [-0.25, -0.2) is 9.48 Å². The molecule has 1 N–H and O–H groups in total. The van der Waals surface area contributed by atoms with E-state index >= 15 is 0 Å². The van der Waals surface area contributed by atoms with Gasteiger partial charge in [-0.1, -0.05) is 31.2 Å². The molecule has 0 bridgehead atoms. The number of carbonyl (C=O) groups excluding carboxylic acids is 1. The van der Waals surface area contributed by atoms with Crippen LogP contribution in [-0.4, -0.2) is 46.8 Å². The average Bonchev–Trinajstić information content (AvgIpc) is 3.14. The molecule has 2 aromatic rings. The molecule has 1 aromatic heterocycles. The molecule has 1 unspecified atom stereocenters. The van der Waals surface area contributed by atoms with Gasteiger partial charge in [-0.2, -0.15) is 4.98 Å². The molecular formula is C22H30N4O4S. The van der Waals surface area contributed by atoms with Crippen molar-refractivity contribution in [3.05, 3.63) is 35.0 Å². The quantitative estimate of drug-likeness (QED) is 0.344. The molecule has 3 rings (SSSR count). The summed E-state index contributed by atoms with van der Waals surface area (Å²) in [5.74, 6) is 2.35. The number of fused-ring (bicyclic) bond motifs is 1. The fourth-order valence-electron chi connectivity index (χ4n) is 3.39. The van der Waals surface area contributed by atoms with E-state index in [9.17, 15) is 4.79 Å². The van der Waals surface area contributed by atoms with Gasteiger partial charge in [0.2, 0.25) is 11.1 Å². The van der Waals surface area contributed by atoms with Gasteiger partial charge in [-0.3, -0.25) is 0 Å². The first-order chi connectivity index (χ1) is 14.9. The first-order valence-corrected chi connectivity index (χ1v) is 11.4. The van der Waals surface area contributed by atoms with E-state index in [4.69, 9.17) is 19.3 Å². The normalized spacial score (nSPS) is 15.5. The number of anilines is 1. The summed E-state index contributed by atoms with van der Waals surface area (Å²) in [6.45, 7) is 7.91. The maximum absolute atomic E-state index is 12.7. The number of nitrogens with one attached hydrogen (secondary N) is 1. The van der Waals surface area contributed by atoms with Gasteiger partial charge in [0.1, 0.15) is 6.04 Å². The lowest BCUT2D eigenvalue weighted by atomic mass is 9.95. The van der Waals surface area contributed by atoms with Crippen LogP contribution in [0.2, 0.25) is 0 Å². The van der Waals surface area contributed by atoms with Crippen molar-refractivity contribution in [3.63, 3.8) is 0 Å². The number of thioether (sulfide) groups is 1. The van der Waals surface area contributed by atoms with Gasteiger partial charge in [0.15, 0.2) is 11.5 Å². The first-order valence-electron chi connectivity index (χ1n) is 10.4. The molecule has 8 nitrogen and oxygen atoms in total. The standard InChI is InChI=1S/C22H30N4O4S/c1-7-8-11-31-22-24-21-23-14(4)18(20(27)29-6)19(26(21)25-22)15-9-10-16(30-13(2)3)17(12-15)28-5/h9-10,12-13,19H,7-8,11H2,1-6H3,(H,23,24,25). The molecule has 0 amide bonds. The Hall–Kier alpha value is -2.68. The zero-order valence-electron chi connectivity index (χ0n) is 18.9. The highest BCUT2D eigenvalue weighted by molar-refractivity contribution is 7.99. The highest BCUT2D eigenvalue weighted by Gasteiger charge is 2.35. The summed E-state index contributed by atoms with van der Waals surface area (Å²) >= 11 is 1.61. The summed E-state index contributed by atoms with van der Waals surface area (Å²) in [7, 11) is 2.98. The number of benzene rings is 1. The first kappa shape index (κ1) is 23.0. The molecular weight excluding hydrogens is 416 g/mol. The third-order valence-electron chi connectivity index (χ3n) is 4.83. The van der Waals surface area contributed by atoms with E-state index < -0.39 is 12.0 Å². The number of nitrogens with zero attached hydrogens (tertiary/aromatic N) is 3. The Morgan fingerprint density at radius 2 is 2.06 bits per heavy atom. The lowest BCUT2D eigenvalue weighted by Gasteiger charge is -2.28. The van der Waals surface area contributed by atoms with E-state index in [1.807, 2.05) is 39.0 Å². The van der Waals surface area contributed by atoms with E-state index in [0.29, 0.717) is 33.9 Å². The number of rotatable bonds is 9. The Bertz CT molecular complexity index is 970. The number of methoxy groups -OCH3 is 2. The van der Waals surface area contributed by atoms with Crippen LogP contribution in [0.4, 0.5) is 5.95 Å². The lowest BCUT2D eigenvalue weighted by molar-refractivity contribution is -0.136. The Morgan fingerprint density at radius 3 is 2.71 bits per heavy atom. The van der Waals surface area contributed by atoms with Crippen LogP contribution < -0.4 is 14.8 Å². The molecule has 0 saturated carbocycles. The number of allylic oxidation sites excluding steroid dienone is 1. The summed E-state index contributed by atoms with van der Waals surface area (Å²) in [6.07, 6.45) is 2.21. The Balaban J connectivity index is 2.07. The number of hydrogen-bond donors (Lipinski definition) is 1. The zero-order valence-corrected chi connectivity index (χ0v) is 19.7. The van der Waals surface area contributed by atoms with E-state index in [1.165, 1.54) is 7.11 Å². The van der Waals surface area contributed by atoms with Crippen molar-refractivity contribution in [1.29, 1.82) is 0 Å². The van der Waals surface area contributed by atoms with E-state index in [0.717, 1.165) is 24.2 Å². The van der Waals surface area contributed by atoms with E-state index in [-0.39, 0.29) is 6.10 Å². The Labute approximate surface area is 187 Å². The van der Waals surface area contributed by atoms with Crippen LogP contribution >= 0.6 is 11.8 Å². The highest BCUT2D eigenvalue weighted by atomic mass is 32.2. The monoisotopic (exact) mass is 446 g/mol. The fourth-order valence-corrected chi connectivity index (χ4v) is 4.30. The summed E-state index contributed by atoms with van der Waals surface area (Å²) in [5.41, 5.74) is 1.98. The number of carbonyl (C=O) groups is 1. The second-order valence-electron chi connectivity index (χ2n) is 7.50. The van der Waals surface area contributed by atoms with Gasteiger partial charge >= 0.3 is 5.97 Å². The molecule has 0 fully saturated rings. The predicted molar refractivity (Wildman–Crippen MR) is 121 cm³/mol. The molecule has 1 aromatic carbocycles. The molecule has 0 spiro atoms. The maximum Gasteiger partial charge on any atom is 0.338 e. The van der Waals surface area contributed by atoms with Crippen molar-refractivity contribution in [3.8, 4) is 11.5 Å². The van der Waals surface area contributed by atoms with Crippen molar-refractivity contribution in [2.24, 2.45) is 0 Å². The highest BCUT2D eigenvalue weighted by Crippen LogP contribution is 2.40. The predicted octanol–water partition coefficient (Wildman–Crippen LogP) is 4.43. The molecule has 0 saturated heterocycles. The van der Waals surface area contributed by atoms with Gasteiger partial charge in [0.25, 0.3) is 0 Å². The number of ether oxygens (including phenoxy) is 3. The van der Waals surface area contributed by atoms with Crippen molar-refractivity contribution in [1.82, 2.24) is 14.8 Å². The van der Waals surface area contributed by atoms with Gasteiger partial charge in [0, 0.05) is 11.4 Å². The Morgan fingerprint density at radius 1 is 1.29 bits per heavy atom. The van der Waals surface area contributed by atoms with Gasteiger partial charge < -0.3 is 19.5 Å². The minimum absolute atomic E-state index is 0.0102. The second-order valence-corrected chi connectivity index (χ2v) is 8.56. The van der Waals surface area contributed by atoms with Crippen LogP contribution in [0.1, 0.15) is 52.1 Å². The molecule has 1 aliphatic heterocycles.